The van der Waals surface area contributed by atoms with Gasteiger partial charge in [-0.2, -0.15) is 9.78 Å². The third kappa shape index (κ3) is 2.62. The predicted octanol–water partition coefficient (Wildman–Crippen LogP) is 0.642. The van der Waals surface area contributed by atoms with E-state index in [4.69, 9.17) is 5.11 Å². The van der Waals surface area contributed by atoms with Crippen molar-refractivity contribution in [2.75, 3.05) is 5.75 Å². The minimum atomic E-state index is -3.64. The van der Waals surface area contributed by atoms with Gasteiger partial charge in [-0.15, -0.1) is 0 Å². The van der Waals surface area contributed by atoms with E-state index < -0.39 is 22.0 Å². The van der Waals surface area contributed by atoms with Gasteiger partial charge in [-0.3, -0.25) is 4.79 Å². The predicted molar refractivity (Wildman–Crippen MR) is 70.1 cm³/mol. The van der Waals surface area contributed by atoms with Crippen LogP contribution < -0.4 is 4.72 Å². The molecule has 0 aliphatic heterocycles. The lowest BCUT2D eigenvalue weighted by Crippen LogP contribution is -2.31. The molecule has 0 atom stereocenters. The first-order valence-corrected chi connectivity index (χ1v) is 7.25. The third-order valence-corrected chi connectivity index (χ3v) is 3.90. The van der Waals surface area contributed by atoms with Crippen LogP contribution in [0.2, 0.25) is 0 Å². The van der Waals surface area contributed by atoms with Crippen molar-refractivity contribution in [1.82, 2.24) is 14.5 Å². The molecule has 106 valence electrons. The molecule has 2 N–H and O–H groups in total. The van der Waals surface area contributed by atoms with Crippen LogP contribution in [-0.2, 0) is 10.0 Å². The number of nitrogens with zero attached hydrogens (tertiary/aromatic N) is 2. The molecule has 0 saturated carbocycles. The Bertz CT molecular complexity index is 793. The zero-order valence-electron chi connectivity index (χ0n) is 10.4. The van der Waals surface area contributed by atoms with E-state index in [1.807, 2.05) is 4.72 Å². The van der Waals surface area contributed by atoms with Crippen LogP contribution in [0.1, 0.15) is 17.3 Å². The summed E-state index contributed by atoms with van der Waals surface area (Å²) in [5.74, 6) is -0.977. The molecular weight excluding hydrogens is 286 g/mol. The number of fused-ring (bicyclic) bond motifs is 1. The Morgan fingerprint density at radius 1 is 1.40 bits per heavy atom. The highest BCUT2D eigenvalue weighted by Gasteiger charge is 2.16. The number of carbonyl (C=O) groups excluding carboxylic acids is 1. The van der Waals surface area contributed by atoms with Gasteiger partial charge >= 0.3 is 6.09 Å². The minimum absolute atomic E-state index is 0.111. The van der Waals surface area contributed by atoms with Crippen molar-refractivity contribution in [3.05, 3.63) is 30.0 Å². The topological polar surface area (TPSA) is 118 Å². The number of carbonyl (C=O) groups is 2. The Kier molecular flexibility index (Phi) is 3.45. The van der Waals surface area contributed by atoms with Gasteiger partial charge in [-0.25, -0.2) is 17.9 Å². The lowest BCUT2D eigenvalue weighted by molar-refractivity contribution is 0.0981. The molecule has 0 fully saturated rings. The molecule has 0 radical (unpaired) electrons. The van der Waals surface area contributed by atoms with Gasteiger partial charge in [0.15, 0.2) is 0 Å². The number of sulfonamides is 1. The average molecular weight is 297 g/mol. The van der Waals surface area contributed by atoms with Crippen molar-refractivity contribution in [3.8, 4) is 0 Å². The molecule has 2 rings (SSSR count). The number of amides is 1. The molecule has 1 amide bonds. The van der Waals surface area contributed by atoms with Crippen LogP contribution in [0.4, 0.5) is 4.79 Å². The fraction of sp³-hybridized carbons (Fsp3) is 0.182. The highest BCUT2D eigenvalue weighted by atomic mass is 32.2. The molecular formula is C11H11N3O5S. The fourth-order valence-electron chi connectivity index (χ4n) is 1.60. The smallest absolute Gasteiger partial charge is 0.432 e. The Morgan fingerprint density at radius 2 is 2.10 bits per heavy atom. The number of hydrogen-bond donors (Lipinski definition) is 2. The molecule has 1 aromatic carbocycles. The molecule has 9 heteroatoms. The first kappa shape index (κ1) is 14.0. The quantitative estimate of drug-likeness (QED) is 0.858. The summed E-state index contributed by atoms with van der Waals surface area (Å²) in [7, 11) is -3.64. The fourth-order valence-corrected chi connectivity index (χ4v) is 2.14. The van der Waals surface area contributed by atoms with Gasteiger partial charge in [0.1, 0.15) is 0 Å². The van der Waals surface area contributed by atoms with E-state index >= 15 is 0 Å². The molecule has 2 aromatic rings. The third-order valence-electron chi connectivity index (χ3n) is 2.64. The molecule has 1 aromatic heterocycles. The largest absolute Gasteiger partial charge is 0.463 e. The number of rotatable bonds is 3. The molecule has 8 nitrogen and oxygen atoms in total. The van der Waals surface area contributed by atoms with Crippen LogP contribution in [0.15, 0.2) is 24.4 Å². The Balaban J connectivity index is 2.38. The normalized spacial score (nSPS) is 11.4. The van der Waals surface area contributed by atoms with Crippen LogP contribution in [0, 0.1) is 0 Å². The van der Waals surface area contributed by atoms with Crippen LogP contribution in [0.3, 0.4) is 0 Å². The van der Waals surface area contributed by atoms with Gasteiger partial charge in [0, 0.05) is 10.9 Å². The first-order chi connectivity index (χ1) is 9.34. The monoisotopic (exact) mass is 297 g/mol. The zero-order valence-corrected chi connectivity index (χ0v) is 11.2. The van der Waals surface area contributed by atoms with Crippen molar-refractivity contribution in [2.24, 2.45) is 0 Å². The summed E-state index contributed by atoms with van der Waals surface area (Å²) < 4.78 is 25.3. The molecule has 1 heterocycles. The summed E-state index contributed by atoms with van der Waals surface area (Å²) in [6.07, 6.45) is 0.0416. The summed E-state index contributed by atoms with van der Waals surface area (Å²) in [4.78, 5) is 22.6. The van der Waals surface area contributed by atoms with Gasteiger partial charge in [-0.1, -0.05) is 0 Å². The van der Waals surface area contributed by atoms with E-state index in [0.29, 0.717) is 10.9 Å². The van der Waals surface area contributed by atoms with Gasteiger partial charge in [-0.05, 0) is 25.1 Å². The summed E-state index contributed by atoms with van der Waals surface area (Å²) >= 11 is 0. The summed E-state index contributed by atoms with van der Waals surface area (Å²) in [6.45, 7) is 1.41. The Morgan fingerprint density at radius 3 is 2.70 bits per heavy atom. The Hall–Kier alpha value is -2.42. The lowest BCUT2D eigenvalue weighted by atomic mass is 10.1. The van der Waals surface area contributed by atoms with Gasteiger partial charge < -0.3 is 5.11 Å². The molecule has 0 aliphatic rings. The highest BCUT2D eigenvalue weighted by Crippen LogP contribution is 2.15. The number of benzene rings is 1. The number of hydrogen-bond acceptors (Lipinski definition) is 5. The molecule has 20 heavy (non-hydrogen) atoms. The van der Waals surface area contributed by atoms with Gasteiger partial charge in [0.25, 0.3) is 5.91 Å². The van der Waals surface area contributed by atoms with Crippen LogP contribution in [0.5, 0.6) is 0 Å². The number of carboxylic acid groups (broad SMARTS) is 1. The lowest BCUT2D eigenvalue weighted by Gasteiger charge is -2.04. The van der Waals surface area contributed by atoms with Crippen molar-refractivity contribution >= 4 is 32.9 Å². The average Bonchev–Trinajstić information content (AvgIpc) is 2.81. The van der Waals surface area contributed by atoms with Crippen LogP contribution in [0.25, 0.3) is 10.9 Å². The highest BCUT2D eigenvalue weighted by molar-refractivity contribution is 7.90. The second kappa shape index (κ2) is 4.93. The van der Waals surface area contributed by atoms with E-state index in [9.17, 15) is 18.0 Å². The van der Waals surface area contributed by atoms with Crippen molar-refractivity contribution in [1.29, 1.82) is 0 Å². The van der Waals surface area contributed by atoms with E-state index in [1.54, 1.807) is 0 Å². The minimum Gasteiger partial charge on any atom is -0.463 e. The summed E-state index contributed by atoms with van der Waals surface area (Å²) in [6, 6.07) is 4.11. The Labute approximate surface area is 114 Å². The van der Waals surface area contributed by atoms with Gasteiger partial charge in [0.05, 0.1) is 17.5 Å². The SMILES string of the molecule is CCS(=O)(=O)NC(=O)c1ccc2c(cnn2C(=O)O)c1. The van der Waals surface area contributed by atoms with Gasteiger partial charge in [0.2, 0.25) is 10.0 Å². The maximum absolute atomic E-state index is 11.8. The van der Waals surface area contributed by atoms with E-state index in [2.05, 4.69) is 5.10 Å². The number of nitrogens with one attached hydrogen (secondary N) is 1. The summed E-state index contributed by atoms with van der Waals surface area (Å²) in [5, 5.41) is 13.0. The van der Waals surface area contributed by atoms with Crippen LogP contribution >= 0.6 is 0 Å². The van der Waals surface area contributed by atoms with E-state index in [0.717, 1.165) is 4.68 Å². The maximum Gasteiger partial charge on any atom is 0.432 e. The van der Waals surface area contributed by atoms with Crippen molar-refractivity contribution < 1.29 is 23.1 Å². The van der Waals surface area contributed by atoms with Crippen molar-refractivity contribution in [3.63, 3.8) is 0 Å². The molecule has 0 aliphatic carbocycles. The van der Waals surface area contributed by atoms with Crippen LogP contribution in [-0.4, -0.2) is 41.1 Å². The van der Waals surface area contributed by atoms with E-state index in [1.165, 1.54) is 31.3 Å². The summed E-state index contributed by atoms with van der Waals surface area (Å²) in [5.41, 5.74) is 0.423. The molecule has 0 unspecified atom stereocenters. The molecule has 0 saturated heterocycles. The maximum atomic E-state index is 11.8. The number of aromatic nitrogens is 2. The van der Waals surface area contributed by atoms with E-state index in [-0.39, 0.29) is 11.3 Å². The van der Waals surface area contributed by atoms with Crippen molar-refractivity contribution in [2.45, 2.75) is 6.92 Å². The first-order valence-electron chi connectivity index (χ1n) is 5.60. The standard InChI is InChI=1S/C11H11N3O5S/c1-2-20(18,19)13-10(15)7-3-4-9-8(5-7)6-12-14(9)11(16)17/h3-6H,2H2,1H3,(H,13,15)(H,16,17). The second-order valence-corrected chi connectivity index (χ2v) is 5.96. The zero-order chi connectivity index (χ0) is 14.9. The molecule has 0 bridgehead atoms. The second-order valence-electron chi connectivity index (χ2n) is 3.95. The molecule has 0 spiro atoms.